The van der Waals surface area contributed by atoms with E-state index in [0.717, 1.165) is 17.7 Å². The summed E-state index contributed by atoms with van der Waals surface area (Å²) in [4.78, 5) is 12.0. The first-order valence-corrected chi connectivity index (χ1v) is 7.39. The summed E-state index contributed by atoms with van der Waals surface area (Å²) in [6.45, 7) is 3.64. The van der Waals surface area contributed by atoms with Crippen molar-refractivity contribution in [3.05, 3.63) is 59.7 Å². The maximum absolute atomic E-state index is 12.0. The Balaban J connectivity index is 1.99. The average molecular weight is 299 g/mol. The van der Waals surface area contributed by atoms with Crippen molar-refractivity contribution in [1.29, 1.82) is 0 Å². The molecule has 1 unspecified atom stereocenters. The van der Waals surface area contributed by atoms with E-state index in [1.54, 1.807) is 19.1 Å². The first-order valence-electron chi connectivity index (χ1n) is 7.39. The Bertz CT molecular complexity index is 638. The van der Waals surface area contributed by atoms with Gasteiger partial charge in [-0.25, -0.2) is 0 Å². The topological polar surface area (TPSA) is 58.6 Å². The number of hydrogen-bond donors (Lipinski definition) is 2. The molecular formula is C18H21NO3. The Morgan fingerprint density at radius 2 is 1.86 bits per heavy atom. The van der Waals surface area contributed by atoms with Gasteiger partial charge in [-0.1, -0.05) is 43.3 Å². The molecule has 1 atom stereocenters. The molecule has 0 fully saturated rings. The number of aliphatic hydroxyl groups excluding tert-OH is 1. The van der Waals surface area contributed by atoms with Crippen molar-refractivity contribution in [2.75, 3.05) is 11.9 Å². The zero-order valence-corrected chi connectivity index (χ0v) is 12.9. The number of ether oxygens (including phenoxy) is 1. The Morgan fingerprint density at radius 1 is 1.18 bits per heavy atom. The van der Waals surface area contributed by atoms with Crippen molar-refractivity contribution < 1.29 is 14.6 Å². The van der Waals surface area contributed by atoms with Crippen molar-refractivity contribution in [2.24, 2.45) is 0 Å². The number of nitrogens with one attached hydrogen (secondary N) is 1. The molecule has 0 radical (unpaired) electrons. The monoisotopic (exact) mass is 299 g/mol. The second-order valence-electron chi connectivity index (χ2n) is 5.06. The Hall–Kier alpha value is -2.33. The van der Waals surface area contributed by atoms with E-state index in [1.807, 2.05) is 43.3 Å². The van der Waals surface area contributed by atoms with Gasteiger partial charge < -0.3 is 15.2 Å². The third-order valence-corrected chi connectivity index (χ3v) is 3.40. The standard InChI is InChI=1S/C18H21NO3/c1-3-14-8-4-7-11-17(14)22-12-18(21)19-16-10-6-5-9-15(16)13(2)20/h4-11,13,20H,3,12H2,1-2H3,(H,19,21). The third-order valence-electron chi connectivity index (χ3n) is 3.40. The molecule has 0 saturated heterocycles. The highest BCUT2D eigenvalue weighted by Gasteiger charge is 2.11. The van der Waals surface area contributed by atoms with Crippen molar-refractivity contribution in [3.8, 4) is 5.75 Å². The number of anilines is 1. The van der Waals surface area contributed by atoms with Gasteiger partial charge in [-0.3, -0.25) is 4.79 Å². The molecule has 2 N–H and O–H groups in total. The summed E-state index contributed by atoms with van der Waals surface area (Å²) in [6.07, 6.45) is 0.209. The fourth-order valence-corrected chi connectivity index (χ4v) is 2.24. The molecule has 0 aliphatic rings. The van der Waals surface area contributed by atoms with Gasteiger partial charge in [-0.15, -0.1) is 0 Å². The average Bonchev–Trinajstić information content (AvgIpc) is 2.53. The second-order valence-corrected chi connectivity index (χ2v) is 5.06. The number of para-hydroxylation sites is 2. The summed E-state index contributed by atoms with van der Waals surface area (Å²) in [6, 6.07) is 14.9. The molecular weight excluding hydrogens is 278 g/mol. The van der Waals surface area contributed by atoms with E-state index in [2.05, 4.69) is 5.32 Å². The third kappa shape index (κ3) is 4.09. The molecule has 4 nitrogen and oxygen atoms in total. The van der Waals surface area contributed by atoms with Crippen LogP contribution in [0.2, 0.25) is 0 Å². The number of aliphatic hydroxyl groups is 1. The lowest BCUT2D eigenvalue weighted by Gasteiger charge is -2.14. The quantitative estimate of drug-likeness (QED) is 0.860. The van der Waals surface area contributed by atoms with Crippen LogP contribution >= 0.6 is 0 Å². The highest BCUT2D eigenvalue weighted by molar-refractivity contribution is 5.92. The molecule has 0 saturated carbocycles. The summed E-state index contributed by atoms with van der Waals surface area (Å²) in [5.41, 5.74) is 2.36. The highest BCUT2D eigenvalue weighted by Crippen LogP contribution is 2.22. The van der Waals surface area contributed by atoms with Crippen LogP contribution in [-0.4, -0.2) is 17.6 Å². The van der Waals surface area contributed by atoms with E-state index in [-0.39, 0.29) is 12.5 Å². The van der Waals surface area contributed by atoms with Crippen LogP contribution in [0.15, 0.2) is 48.5 Å². The molecule has 2 aromatic rings. The largest absolute Gasteiger partial charge is 0.483 e. The molecule has 116 valence electrons. The van der Waals surface area contributed by atoms with Gasteiger partial charge in [-0.05, 0) is 31.0 Å². The zero-order valence-electron chi connectivity index (χ0n) is 12.9. The molecule has 0 aliphatic heterocycles. The van der Waals surface area contributed by atoms with Gasteiger partial charge in [0, 0.05) is 11.3 Å². The van der Waals surface area contributed by atoms with E-state index in [1.165, 1.54) is 0 Å². The zero-order chi connectivity index (χ0) is 15.9. The minimum atomic E-state index is -0.641. The van der Waals surface area contributed by atoms with Crippen molar-refractivity contribution >= 4 is 11.6 Å². The van der Waals surface area contributed by atoms with Crippen LogP contribution in [0, 0.1) is 0 Å². The van der Waals surface area contributed by atoms with E-state index in [9.17, 15) is 9.90 Å². The molecule has 0 heterocycles. The summed E-state index contributed by atoms with van der Waals surface area (Å²) in [5.74, 6) is 0.475. The lowest BCUT2D eigenvalue weighted by molar-refractivity contribution is -0.118. The molecule has 1 amide bonds. The van der Waals surface area contributed by atoms with E-state index < -0.39 is 6.10 Å². The van der Waals surface area contributed by atoms with Gasteiger partial charge in [0.1, 0.15) is 5.75 Å². The second kappa shape index (κ2) is 7.61. The summed E-state index contributed by atoms with van der Waals surface area (Å²) in [7, 11) is 0. The molecule has 0 spiro atoms. The van der Waals surface area contributed by atoms with Crippen molar-refractivity contribution in [3.63, 3.8) is 0 Å². The van der Waals surface area contributed by atoms with Gasteiger partial charge >= 0.3 is 0 Å². The number of carbonyl (C=O) groups excluding carboxylic acids is 1. The van der Waals surface area contributed by atoms with Crippen LogP contribution in [0.4, 0.5) is 5.69 Å². The minimum Gasteiger partial charge on any atom is -0.483 e. The summed E-state index contributed by atoms with van der Waals surface area (Å²) >= 11 is 0. The molecule has 0 aromatic heterocycles. The number of amides is 1. The van der Waals surface area contributed by atoms with Gasteiger partial charge in [0.2, 0.25) is 0 Å². The smallest absolute Gasteiger partial charge is 0.262 e. The van der Waals surface area contributed by atoms with Crippen molar-refractivity contribution in [1.82, 2.24) is 0 Å². The van der Waals surface area contributed by atoms with Crippen LogP contribution in [-0.2, 0) is 11.2 Å². The normalized spacial score (nSPS) is 11.8. The minimum absolute atomic E-state index is 0.0643. The number of aryl methyl sites for hydroxylation is 1. The predicted molar refractivity (Wildman–Crippen MR) is 87.0 cm³/mol. The van der Waals surface area contributed by atoms with Crippen LogP contribution < -0.4 is 10.1 Å². The van der Waals surface area contributed by atoms with Gasteiger partial charge in [0.25, 0.3) is 5.91 Å². The highest BCUT2D eigenvalue weighted by atomic mass is 16.5. The van der Waals surface area contributed by atoms with Crippen molar-refractivity contribution in [2.45, 2.75) is 26.4 Å². The molecule has 0 aliphatic carbocycles. The molecule has 2 aromatic carbocycles. The fraction of sp³-hybridized carbons (Fsp3) is 0.278. The number of hydrogen-bond acceptors (Lipinski definition) is 3. The maximum Gasteiger partial charge on any atom is 0.262 e. The first-order chi connectivity index (χ1) is 10.6. The van der Waals surface area contributed by atoms with Crippen LogP contribution in [0.25, 0.3) is 0 Å². The fourth-order valence-electron chi connectivity index (χ4n) is 2.24. The molecule has 0 bridgehead atoms. The molecule has 22 heavy (non-hydrogen) atoms. The Morgan fingerprint density at radius 3 is 2.59 bits per heavy atom. The van der Waals surface area contributed by atoms with Gasteiger partial charge in [0.05, 0.1) is 6.10 Å². The van der Waals surface area contributed by atoms with Gasteiger partial charge in [-0.2, -0.15) is 0 Å². The number of benzene rings is 2. The molecule has 4 heteroatoms. The van der Waals surface area contributed by atoms with Crippen LogP contribution in [0.5, 0.6) is 5.75 Å². The van der Waals surface area contributed by atoms with Gasteiger partial charge in [0.15, 0.2) is 6.61 Å². The number of carbonyl (C=O) groups is 1. The Labute approximate surface area is 130 Å². The first kappa shape index (κ1) is 16.0. The van der Waals surface area contributed by atoms with E-state index >= 15 is 0 Å². The maximum atomic E-state index is 12.0. The van der Waals surface area contributed by atoms with E-state index in [0.29, 0.717) is 11.3 Å². The van der Waals surface area contributed by atoms with Crippen LogP contribution in [0.3, 0.4) is 0 Å². The lowest BCUT2D eigenvalue weighted by Crippen LogP contribution is -2.21. The van der Waals surface area contributed by atoms with E-state index in [4.69, 9.17) is 4.74 Å². The lowest BCUT2D eigenvalue weighted by atomic mass is 10.1. The number of rotatable bonds is 6. The molecule has 2 rings (SSSR count). The predicted octanol–water partition coefficient (Wildman–Crippen LogP) is 3.32. The Kier molecular flexibility index (Phi) is 5.55. The SMILES string of the molecule is CCc1ccccc1OCC(=O)Nc1ccccc1C(C)O. The summed E-state index contributed by atoms with van der Waals surface area (Å²) in [5, 5.41) is 12.5. The van der Waals surface area contributed by atoms with Crippen LogP contribution in [0.1, 0.15) is 31.1 Å². The summed E-state index contributed by atoms with van der Waals surface area (Å²) < 4.78 is 5.59.